The summed E-state index contributed by atoms with van der Waals surface area (Å²) in [6.07, 6.45) is 5.94. The fraction of sp³-hybridized carbons (Fsp3) is 0.231. The molecule has 0 saturated carbocycles. The molecular formula is C13H13N3. The molecule has 0 amide bonds. The van der Waals surface area contributed by atoms with Gasteiger partial charge in [0.05, 0.1) is 5.52 Å². The van der Waals surface area contributed by atoms with Crippen LogP contribution < -0.4 is 5.73 Å². The SMILES string of the molecule is NC1C=C(c2ncc3ccccc3n2)CC1. The van der Waals surface area contributed by atoms with Gasteiger partial charge in [0.1, 0.15) is 0 Å². The molecule has 1 aliphatic rings. The van der Waals surface area contributed by atoms with Gasteiger partial charge in [-0.1, -0.05) is 24.3 Å². The lowest BCUT2D eigenvalue weighted by Gasteiger charge is -2.01. The molecule has 1 aliphatic carbocycles. The minimum atomic E-state index is 0.171. The topological polar surface area (TPSA) is 51.8 Å². The lowest BCUT2D eigenvalue weighted by molar-refractivity contribution is 0.781. The first-order valence-corrected chi connectivity index (χ1v) is 5.51. The first-order valence-electron chi connectivity index (χ1n) is 5.51. The standard InChI is InChI=1S/C13H13N3/c14-11-6-5-9(7-11)13-15-8-10-3-1-2-4-12(10)16-13/h1-4,7-8,11H,5-6,14H2. The van der Waals surface area contributed by atoms with Crippen molar-refractivity contribution in [2.24, 2.45) is 5.73 Å². The molecule has 2 aromatic rings. The van der Waals surface area contributed by atoms with Crippen LogP contribution >= 0.6 is 0 Å². The van der Waals surface area contributed by atoms with E-state index in [0.717, 1.165) is 29.6 Å². The first-order chi connectivity index (χ1) is 7.83. The maximum Gasteiger partial charge on any atom is 0.155 e. The Morgan fingerprint density at radius 2 is 2.12 bits per heavy atom. The van der Waals surface area contributed by atoms with Crippen molar-refractivity contribution >= 4 is 16.5 Å². The number of aromatic nitrogens is 2. The maximum atomic E-state index is 5.84. The summed E-state index contributed by atoms with van der Waals surface area (Å²) in [6, 6.07) is 8.19. The van der Waals surface area contributed by atoms with Gasteiger partial charge in [-0.05, 0) is 24.5 Å². The van der Waals surface area contributed by atoms with E-state index in [1.54, 1.807) is 0 Å². The highest BCUT2D eigenvalue weighted by atomic mass is 14.9. The van der Waals surface area contributed by atoms with Crippen LogP contribution in [-0.2, 0) is 0 Å². The van der Waals surface area contributed by atoms with Crippen LogP contribution in [0.4, 0.5) is 0 Å². The van der Waals surface area contributed by atoms with Crippen molar-refractivity contribution in [3.8, 4) is 0 Å². The highest BCUT2D eigenvalue weighted by Crippen LogP contribution is 2.25. The van der Waals surface area contributed by atoms with Crippen LogP contribution in [0.25, 0.3) is 16.5 Å². The summed E-state index contributed by atoms with van der Waals surface area (Å²) in [4.78, 5) is 8.95. The van der Waals surface area contributed by atoms with E-state index in [1.807, 2.05) is 30.5 Å². The predicted molar refractivity (Wildman–Crippen MR) is 64.7 cm³/mol. The van der Waals surface area contributed by atoms with Crippen molar-refractivity contribution in [2.45, 2.75) is 18.9 Å². The zero-order valence-corrected chi connectivity index (χ0v) is 8.93. The molecule has 1 unspecified atom stereocenters. The monoisotopic (exact) mass is 211 g/mol. The van der Waals surface area contributed by atoms with Crippen LogP contribution in [0.3, 0.4) is 0 Å². The highest BCUT2D eigenvalue weighted by Gasteiger charge is 2.15. The Kier molecular flexibility index (Phi) is 2.18. The van der Waals surface area contributed by atoms with E-state index in [2.05, 4.69) is 16.0 Å². The number of nitrogens with zero attached hydrogens (tertiary/aromatic N) is 2. The van der Waals surface area contributed by atoms with Crippen molar-refractivity contribution in [3.63, 3.8) is 0 Å². The Bertz CT molecular complexity index is 560. The third-order valence-electron chi connectivity index (χ3n) is 2.94. The molecule has 1 atom stereocenters. The number of nitrogens with two attached hydrogens (primary N) is 1. The van der Waals surface area contributed by atoms with Gasteiger partial charge in [0, 0.05) is 17.6 Å². The van der Waals surface area contributed by atoms with E-state index in [9.17, 15) is 0 Å². The number of benzene rings is 1. The fourth-order valence-corrected chi connectivity index (χ4v) is 2.06. The van der Waals surface area contributed by atoms with E-state index in [4.69, 9.17) is 5.73 Å². The average Bonchev–Trinajstić information content (AvgIpc) is 2.75. The van der Waals surface area contributed by atoms with Gasteiger partial charge >= 0.3 is 0 Å². The van der Waals surface area contributed by atoms with Gasteiger partial charge in [0.25, 0.3) is 0 Å². The fourth-order valence-electron chi connectivity index (χ4n) is 2.06. The average molecular weight is 211 g/mol. The second-order valence-corrected chi connectivity index (χ2v) is 4.15. The smallest absolute Gasteiger partial charge is 0.155 e. The van der Waals surface area contributed by atoms with E-state index in [0.29, 0.717) is 0 Å². The van der Waals surface area contributed by atoms with Crippen LogP contribution in [0.2, 0.25) is 0 Å². The summed E-state index contributed by atoms with van der Waals surface area (Å²) >= 11 is 0. The van der Waals surface area contributed by atoms with Crippen LogP contribution in [0, 0.1) is 0 Å². The normalized spacial score (nSPS) is 20.1. The lowest BCUT2D eigenvalue weighted by Crippen LogP contribution is -2.11. The van der Waals surface area contributed by atoms with Crippen molar-refractivity contribution < 1.29 is 0 Å². The summed E-state index contributed by atoms with van der Waals surface area (Å²) < 4.78 is 0. The van der Waals surface area contributed by atoms with Crippen LogP contribution in [0.1, 0.15) is 18.7 Å². The number of para-hydroxylation sites is 1. The highest BCUT2D eigenvalue weighted by molar-refractivity contribution is 5.79. The second kappa shape index (κ2) is 3.68. The Labute approximate surface area is 94.0 Å². The third-order valence-corrected chi connectivity index (χ3v) is 2.94. The number of hydrogen-bond acceptors (Lipinski definition) is 3. The molecule has 16 heavy (non-hydrogen) atoms. The van der Waals surface area contributed by atoms with Gasteiger partial charge in [-0.25, -0.2) is 9.97 Å². The minimum Gasteiger partial charge on any atom is -0.324 e. The number of rotatable bonds is 1. The molecule has 80 valence electrons. The molecular weight excluding hydrogens is 198 g/mol. The van der Waals surface area contributed by atoms with Gasteiger partial charge < -0.3 is 5.73 Å². The summed E-state index contributed by atoms with van der Waals surface area (Å²) in [5.74, 6) is 0.826. The molecule has 0 spiro atoms. The van der Waals surface area contributed by atoms with Crippen LogP contribution in [-0.4, -0.2) is 16.0 Å². The molecule has 1 aromatic heterocycles. The van der Waals surface area contributed by atoms with E-state index >= 15 is 0 Å². The zero-order chi connectivity index (χ0) is 11.0. The molecule has 1 heterocycles. The molecule has 0 radical (unpaired) electrons. The second-order valence-electron chi connectivity index (χ2n) is 4.15. The maximum absolute atomic E-state index is 5.84. The molecule has 3 nitrogen and oxygen atoms in total. The Morgan fingerprint density at radius 1 is 1.25 bits per heavy atom. The summed E-state index contributed by atoms with van der Waals surface area (Å²) in [6.45, 7) is 0. The third kappa shape index (κ3) is 1.59. The zero-order valence-electron chi connectivity index (χ0n) is 8.93. The van der Waals surface area contributed by atoms with Crippen LogP contribution in [0.5, 0.6) is 0 Å². The number of hydrogen-bond donors (Lipinski definition) is 1. The molecule has 0 saturated heterocycles. The summed E-state index contributed by atoms with van der Waals surface area (Å²) in [5, 5.41) is 1.08. The predicted octanol–water partition coefficient (Wildman–Crippen LogP) is 2.13. The van der Waals surface area contributed by atoms with E-state index in [-0.39, 0.29) is 6.04 Å². The molecule has 0 fully saturated rings. The molecule has 2 N–H and O–H groups in total. The molecule has 1 aromatic carbocycles. The van der Waals surface area contributed by atoms with Crippen molar-refractivity contribution in [3.05, 3.63) is 42.4 Å². The summed E-state index contributed by atoms with van der Waals surface area (Å²) in [7, 11) is 0. The van der Waals surface area contributed by atoms with Crippen molar-refractivity contribution in [1.29, 1.82) is 0 Å². The van der Waals surface area contributed by atoms with Gasteiger partial charge in [0.15, 0.2) is 5.82 Å². The Balaban J connectivity index is 2.09. The minimum absolute atomic E-state index is 0.171. The van der Waals surface area contributed by atoms with Gasteiger partial charge in [-0.2, -0.15) is 0 Å². The lowest BCUT2D eigenvalue weighted by atomic mass is 10.2. The van der Waals surface area contributed by atoms with Crippen molar-refractivity contribution in [2.75, 3.05) is 0 Å². The number of fused-ring (bicyclic) bond motifs is 1. The van der Waals surface area contributed by atoms with Gasteiger partial charge in [-0.3, -0.25) is 0 Å². The largest absolute Gasteiger partial charge is 0.324 e. The van der Waals surface area contributed by atoms with E-state index in [1.165, 1.54) is 5.57 Å². The Morgan fingerprint density at radius 3 is 2.94 bits per heavy atom. The summed E-state index contributed by atoms with van der Waals surface area (Å²) in [5.41, 5.74) is 8.02. The molecule has 0 aliphatic heterocycles. The van der Waals surface area contributed by atoms with Gasteiger partial charge in [-0.15, -0.1) is 0 Å². The molecule has 3 rings (SSSR count). The number of allylic oxidation sites excluding steroid dienone is 1. The van der Waals surface area contributed by atoms with Gasteiger partial charge in [0.2, 0.25) is 0 Å². The Hall–Kier alpha value is -1.74. The molecule has 0 bridgehead atoms. The van der Waals surface area contributed by atoms with Crippen LogP contribution in [0.15, 0.2) is 36.5 Å². The molecule has 3 heteroatoms. The first kappa shape index (κ1) is 9.48. The van der Waals surface area contributed by atoms with E-state index < -0.39 is 0 Å². The van der Waals surface area contributed by atoms with Crippen molar-refractivity contribution in [1.82, 2.24) is 9.97 Å². The quantitative estimate of drug-likeness (QED) is 0.786.